The van der Waals surface area contributed by atoms with Crippen LogP contribution in [0.1, 0.15) is 25.7 Å². The average Bonchev–Trinajstić information content (AvgIpc) is 2.06. The summed E-state index contributed by atoms with van der Waals surface area (Å²) in [5.74, 6) is 0.663. The molecule has 62 valence electrons. The van der Waals surface area contributed by atoms with Crippen LogP contribution < -0.4 is 0 Å². The summed E-state index contributed by atoms with van der Waals surface area (Å²) >= 11 is 0. The predicted octanol–water partition coefficient (Wildman–Crippen LogP) is 1.54. The van der Waals surface area contributed by atoms with E-state index < -0.39 is 6.09 Å². The van der Waals surface area contributed by atoms with Crippen LogP contribution in [-0.2, 0) is 0 Å². The summed E-state index contributed by atoms with van der Waals surface area (Å²) in [4.78, 5) is 12.3. The van der Waals surface area contributed by atoms with E-state index in [0.29, 0.717) is 12.0 Å². The molecule has 0 spiro atoms. The van der Waals surface area contributed by atoms with E-state index in [9.17, 15) is 4.79 Å². The Morgan fingerprint density at radius 2 is 1.91 bits per heavy atom. The molecule has 0 aromatic carbocycles. The van der Waals surface area contributed by atoms with Gasteiger partial charge in [0, 0.05) is 12.6 Å². The van der Waals surface area contributed by atoms with E-state index >= 15 is 0 Å². The lowest BCUT2D eigenvalue weighted by Crippen LogP contribution is -2.50. The summed E-state index contributed by atoms with van der Waals surface area (Å²) in [5.41, 5.74) is 0. The van der Waals surface area contributed by atoms with Crippen LogP contribution in [0.15, 0.2) is 0 Å². The van der Waals surface area contributed by atoms with Gasteiger partial charge in [0.1, 0.15) is 0 Å². The van der Waals surface area contributed by atoms with Crippen molar-refractivity contribution in [3.63, 3.8) is 0 Å². The number of nitrogens with zero attached hydrogens (tertiary/aromatic N) is 1. The third-order valence-corrected chi connectivity index (χ3v) is 2.96. The fraction of sp³-hybridized carbons (Fsp3) is 0.875. The van der Waals surface area contributed by atoms with Crippen molar-refractivity contribution >= 4 is 6.09 Å². The summed E-state index contributed by atoms with van der Waals surface area (Å²) in [6, 6.07) is 0.345. The molecule has 0 radical (unpaired) electrons. The van der Waals surface area contributed by atoms with Crippen LogP contribution in [0.25, 0.3) is 0 Å². The fourth-order valence-corrected chi connectivity index (χ4v) is 2.30. The third-order valence-electron chi connectivity index (χ3n) is 2.96. The van der Waals surface area contributed by atoms with Crippen LogP contribution >= 0.6 is 0 Å². The van der Waals surface area contributed by atoms with Crippen molar-refractivity contribution < 1.29 is 9.90 Å². The highest BCUT2D eigenvalue weighted by Crippen LogP contribution is 2.34. The molecule has 1 saturated carbocycles. The molecule has 1 N–H and O–H groups in total. The number of rotatable bonds is 0. The van der Waals surface area contributed by atoms with Gasteiger partial charge in [-0.25, -0.2) is 4.79 Å². The smallest absolute Gasteiger partial charge is 0.407 e. The van der Waals surface area contributed by atoms with Gasteiger partial charge in [0.15, 0.2) is 0 Å². The van der Waals surface area contributed by atoms with Crippen LogP contribution in [0.3, 0.4) is 0 Å². The number of carboxylic acid groups (broad SMARTS) is 1. The Bertz CT molecular complexity index is 173. The number of amides is 1. The number of hydrogen-bond donors (Lipinski definition) is 1. The van der Waals surface area contributed by atoms with Gasteiger partial charge in [-0.05, 0) is 31.6 Å². The van der Waals surface area contributed by atoms with E-state index in [1.165, 1.54) is 12.8 Å². The zero-order valence-corrected chi connectivity index (χ0v) is 6.49. The molecule has 2 bridgehead atoms. The molecule has 2 saturated heterocycles. The van der Waals surface area contributed by atoms with E-state index in [1.54, 1.807) is 4.90 Å². The van der Waals surface area contributed by atoms with Crippen molar-refractivity contribution in [2.75, 3.05) is 6.54 Å². The molecule has 0 aromatic rings. The van der Waals surface area contributed by atoms with E-state index in [-0.39, 0.29) is 0 Å². The summed E-state index contributed by atoms with van der Waals surface area (Å²) in [5, 5.41) is 8.79. The Labute approximate surface area is 66.0 Å². The molecule has 3 aliphatic rings. The number of fused-ring (bicyclic) bond motifs is 3. The summed E-state index contributed by atoms with van der Waals surface area (Å²) < 4.78 is 0. The van der Waals surface area contributed by atoms with E-state index in [2.05, 4.69) is 0 Å². The molecule has 3 heteroatoms. The van der Waals surface area contributed by atoms with Crippen LogP contribution in [0.5, 0.6) is 0 Å². The predicted molar refractivity (Wildman–Crippen MR) is 40.5 cm³/mol. The number of hydrogen-bond acceptors (Lipinski definition) is 1. The van der Waals surface area contributed by atoms with E-state index in [0.717, 1.165) is 19.4 Å². The summed E-state index contributed by atoms with van der Waals surface area (Å²) in [6.07, 6.45) is 3.95. The summed E-state index contributed by atoms with van der Waals surface area (Å²) in [6.45, 7) is 0.792. The highest BCUT2D eigenvalue weighted by Gasteiger charge is 2.35. The standard InChI is InChI=1S/C8H13NO2/c10-8(11)9-5-6-1-3-7(9)4-2-6/h6-7H,1-5H2,(H,10,11). The van der Waals surface area contributed by atoms with Gasteiger partial charge in [0.2, 0.25) is 0 Å². The minimum Gasteiger partial charge on any atom is -0.465 e. The molecular weight excluding hydrogens is 142 g/mol. The van der Waals surface area contributed by atoms with Gasteiger partial charge < -0.3 is 10.0 Å². The van der Waals surface area contributed by atoms with Crippen LogP contribution in [0, 0.1) is 5.92 Å². The molecule has 0 atom stereocenters. The molecule has 0 unspecified atom stereocenters. The normalized spacial score (nSPS) is 35.8. The van der Waals surface area contributed by atoms with Gasteiger partial charge in [-0.15, -0.1) is 0 Å². The lowest BCUT2D eigenvalue weighted by Gasteiger charge is -2.43. The molecule has 1 amide bonds. The Balaban J connectivity index is 2.08. The largest absolute Gasteiger partial charge is 0.465 e. The lowest BCUT2D eigenvalue weighted by molar-refractivity contribution is 0.0488. The van der Waals surface area contributed by atoms with E-state index in [1.807, 2.05) is 0 Å². The molecule has 2 aliphatic heterocycles. The number of piperidine rings is 2. The summed E-state index contributed by atoms with van der Waals surface area (Å²) in [7, 11) is 0. The van der Waals surface area contributed by atoms with Crippen molar-refractivity contribution in [2.24, 2.45) is 5.92 Å². The minimum atomic E-state index is -0.723. The van der Waals surface area contributed by atoms with Gasteiger partial charge in [-0.2, -0.15) is 0 Å². The first kappa shape index (κ1) is 6.95. The maximum atomic E-state index is 10.7. The van der Waals surface area contributed by atoms with E-state index in [4.69, 9.17) is 5.11 Å². The Morgan fingerprint density at radius 1 is 1.27 bits per heavy atom. The molecule has 3 fully saturated rings. The van der Waals surface area contributed by atoms with Crippen LogP contribution in [0.4, 0.5) is 4.79 Å². The van der Waals surface area contributed by atoms with Crippen molar-refractivity contribution in [2.45, 2.75) is 31.7 Å². The Hall–Kier alpha value is -0.730. The fourth-order valence-electron chi connectivity index (χ4n) is 2.30. The molecule has 11 heavy (non-hydrogen) atoms. The zero-order valence-electron chi connectivity index (χ0n) is 6.49. The molecule has 0 aromatic heterocycles. The first-order chi connectivity index (χ1) is 5.27. The molecular formula is C8H13NO2. The maximum Gasteiger partial charge on any atom is 0.407 e. The van der Waals surface area contributed by atoms with Crippen molar-refractivity contribution in [3.05, 3.63) is 0 Å². The van der Waals surface area contributed by atoms with Gasteiger partial charge in [-0.1, -0.05) is 0 Å². The van der Waals surface area contributed by atoms with Crippen LogP contribution in [-0.4, -0.2) is 28.7 Å². The maximum absolute atomic E-state index is 10.7. The molecule has 3 nitrogen and oxygen atoms in total. The lowest BCUT2D eigenvalue weighted by atomic mass is 9.80. The van der Waals surface area contributed by atoms with Crippen molar-refractivity contribution in [3.8, 4) is 0 Å². The monoisotopic (exact) mass is 155 g/mol. The highest BCUT2D eigenvalue weighted by atomic mass is 16.4. The zero-order chi connectivity index (χ0) is 7.84. The third kappa shape index (κ3) is 1.08. The second-order valence-electron chi connectivity index (χ2n) is 3.61. The first-order valence-electron chi connectivity index (χ1n) is 4.27. The van der Waals surface area contributed by atoms with Crippen LogP contribution in [0.2, 0.25) is 0 Å². The highest BCUT2D eigenvalue weighted by molar-refractivity contribution is 5.65. The topological polar surface area (TPSA) is 40.5 Å². The average molecular weight is 155 g/mol. The molecule has 3 rings (SSSR count). The second kappa shape index (κ2) is 2.40. The number of carbonyl (C=O) groups is 1. The van der Waals surface area contributed by atoms with Gasteiger partial charge in [0.05, 0.1) is 0 Å². The van der Waals surface area contributed by atoms with Crippen molar-refractivity contribution in [1.82, 2.24) is 4.90 Å². The molecule has 2 heterocycles. The van der Waals surface area contributed by atoms with Gasteiger partial charge in [-0.3, -0.25) is 0 Å². The minimum absolute atomic E-state index is 0.345. The Morgan fingerprint density at radius 3 is 2.18 bits per heavy atom. The van der Waals surface area contributed by atoms with Crippen molar-refractivity contribution in [1.29, 1.82) is 0 Å². The van der Waals surface area contributed by atoms with Gasteiger partial charge >= 0.3 is 6.09 Å². The second-order valence-corrected chi connectivity index (χ2v) is 3.61. The first-order valence-corrected chi connectivity index (χ1v) is 4.27. The molecule has 1 aliphatic carbocycles. The SMILES string of the molecule is O=C(O)N1CC2CCC1CC2. The van der Waals surface area contributed by atoms with Gasteiger partial charge in [0.25, 0.3) is 0 Å². The Kier molecular flexibility index (Phi) is 1.51. The quantitative estimate of drug-likeness (QED) is 0.576.